The zero-order chi connectivity index (χ0) is 13.7. The number of aliphatic hydroxyl groups is 1. The highest BCUT2D eigenvalue weighted by atomic mass is 16.3. The van der Waals surface area contributed by atoms with Crippen LogP contribution in [0.4, 0.5) is 0 Å². The Labute approximate surface area is 114 Å². The van der Waals surface area contributed by atoms with E-state index in [1.54, 1.807) is 0 Å². The first-order chi connectivity index (χ1) is 9.26. The van der Waals surface area contributed by atoms with E-state index in [0.717, 1.165) is 42.7 Å². The first-order valence-corrected chi connectivity index (χ1v) is 7.09. The first kappa shape index (κ1) is 14.1. The van der Waals surface area contributed by atoms with Crippen LogP contribution in [0, 0.1) is 0 Å². The molecule has 19 heavy (non-hydrogen) atoms. The molecule has 1 unspecified atom stereocenters. The third-order valence-corrected chi connectivity index (χ3v) is 3.66. The number of para-hydroxylation sites is 1. The van der Waals surface area contributed by atoms with Crippen LogP contribution in [0.1, 0.15) is 38.5 Å². The van der Waals surface area contributed by atoms with E-state index in [4.69, 9.17) is 9.52 Å². The largest absolute Gasteiger partial charge is 0.459 e. The van der Waals surface area contributed by atoms with Gasteiger partial charge in [0.15, 0.2) is 0 Å². The van der Waals surface area contributed by atoms with Crippen molar-refractivity contribution in [2.45, 2.75) is 32.7 Å². The maximum atomic E-state index is 8.87. The van der Waals surface area contributed by atoms with Gasteiger partial charge < -0.3 is 9.52 Å². The van der Waals surface area contributed by atoms with Gasteiger partial charge in [-0.05, 0) is 45.0 Å². The highest BCUT2D eigenvalue weighted by molar-refractivity contribution is 5.77. The van der Waals surface area contributed by atoms with Gasteiger partial charge in [0.2, 0.25) is 0 Å². The Morgan fingerprint density at radius 2 is 2.05 bits per heavy atom. The lowest BCUT2D eigenvalue weighted by molar-refractivity contribution is 0.188. The van der Waals surface area contributed by atoms with E-state index >= 15 is 0 Å². The molecule has 1 atom stereocenters. The maximum absolute atomic E-state index is 8.87. The normalized spacial score (nSPS) is 13.3. The summed E-state index contributed by atoms with van der Waals surface area (Å²) in [4.78, 5) is 2.38. The van der Waals surface area contributed by atoms with Crippen molar-refractivity contribution in [3.05, 3.63) is 36.1 Å². The molecule has 0 radical (unpaired) electrons. The monoisotopic (exact) mass is 261 g/mol. The predicted molar refractivity (Wildman–Crippen MR) is 78.2 cm³/mol. The zero-order valence-corrected chi connectivity index (χ0v) is 11.8. The van der Waals surface area contributed by atoms with Gasteiger partial charge in [0.1, 0.15) is 11.3 Å². The third-order valence-electron chi connectivity index (χ3n) is 3.66. The Morgan fingerprint density at radius 3 is 2.74 bits per heavy atom. The highest BCUT2D eigenvalue weighted by Gasteiger charge is 2.17. The van der Waals surface area contributed by atoms with Crippen LogP contribution < -0.4 is 0 Å². The topological polar surface area (TPSA) is 36.6 Å². The number of furan rings is 1. The van der Waals surface area contributed by atoms with Gasteiger partial charge in [-0.2, -0.15) is 0 Å². The SMILES string of the molecule is CCN(CCCCO)C(C)c1cc2ccccc2o1. The zero-order valence-electron chi connectivity index (χ0n) is 11.8. The summed E-state index contributed by atoms with van der Waals surface area (Å²) in [5.74, 6) is 1.02. The summed E-state index contributed by atoms with van der Waals surface area (Å²) in [5.41, 5.74) is 0.954. The molecule has 0 saturated carbocycles. The van der Waals surface area contributed by atoms with Crippen molar-refractivity contribution >= 4 is 11.0 Å². The Bertz CT molecular complexity index is 473. The van der Waals surface area contributed by atoms with Crippen molar-refractivity contribution in [2.75, 3.05) is 19.7 Å². The van der Waals surface area contributed by atoms with Crippen molar-refractivity contribution in [3.8, 4) is 0 Å². The quantitative estimate of drug-likeness (QED) is 0.774. The molecule has 2 rings (SSSR count). The number of fused-ring (bicyclic) bond motifs is 1. The van der Waals surface area contributed by atoms with E-state index < -0.39 is 0 Å². The number of benzene rings is 1. The van der Waals surface area contributed by atoms with Gasteiger partial charge in [0.05, 0.1) is 6.04 Å². The number of unbranched alkanes of at least 4 members (excludes halogenated alkanes) is 1. The van der Waals surface area contributed by atoms with E-state index in [9.17, 15) is 0 Å². The summed E-state index contributed by atoms with van der Waals surface area (Å²) in [7, 11) is 0. The molecule has 0 amide bonds. The molecule has 0 aliphatic rings. The minimum absolute atomic E-state index is 0.274. The predicted octanol–water partition coefficient (Wildman–Crippen LogP) is 3.59. The van der Waals surface area contributed by atoms with Gasteiger partial charge in [-0.1, -0.05) is 25.1 Å². The van der Waals surface area contributed by atoms with Gasteiger partial charge in [-0.3, -0.25) is 4.90 Å². The van der Waals surface area contributed by atoms with Crippen LogP contribution in [-0.4, -0.2) is 29.7 Å². The van der Waals surface area contributed by atoms with Crippen molar-refractivity contribution < 1.29 is 9.52 Å². The Hall–Kier alpha value is -1.32. The number of hydrogen-bond acceptors (Lipinski definition) is 3. The molecule has 3 nitrogen and oxygen atoms in total. The van der Waals surface area contributed by atoms with Crippen LogP contribution >= 0.6 is 0 Å². The van der Waals surface area contributed by atoms with Crippen LogP contribution in [0.3, 0.4) is 0 Å². The van der Waals surface area contributed by atoms with Crippen LogP contribution in [0.2, 0.25) is 0 Å². The number of nitrogens with zero attached hydrogens (tertiary/aromatic N) is 1. The molecule has 1 heterocycles. The fourth-order valence-electron chi connectivity index (χ4n) is 2.44. The smallest absolute Gasteiger partial charge is 0.134 e. The van der Waals surface area contributed by atoms with E-state index in [1.807, 2.05) is 18.2 Å². The van der Waals surface area contributed by atoms with Crippen molar-refractivity contribution in [2.24, 2.45) is 0 Å². The molecular formula is C16H23NO2. The maximum Gasteiger partial charge on any atom is 0.134 e. The lowest BCUT2D eigenvalue weighted by Gasteiger charge is -2.26. The molecule has 0 saturated heterocycles. The minimum Gasteiger partial charge on any atom is -0.459 e. The summed E-state index contributed by atoms with van der Waals surface area (Å²) < 4.78 is 5.93. The molecule has 104 valence electrons. The summed E-state index contributed by atoms with van der Waals surface area (Å²) in [6, 6.07) is 10.5. The minimum atomic E-state index is 0.274. The third kappa shape index (κ3) is 3.37. The molecular weight excluding hydrogens is 238 g/mol. The molecule has 0 fully saturated rings. The standard InChI is InChI=1S/C16H23NO2/c1-3-17(10-6-7-11-18)13(2)16-12-14-8-4-5-9-15(14)19-16/h4-5,8-9,12-13,18H,3,6-7,10-11H2,1-2H3. The highest BCUT2D eigenvalue weighted by Crippen LogP contribution is 2.27. The molecule has 0 aliphatic heterocycles. The van der Waals surface area contributed by atoms with Crippen LogP contribution in [0.25, 0.3) is 11.0 Å². The molecule has 0 spiro atoms. The van der Waals surface area contributed by atoms with Gasteiger partial charge >= 0.3 is 0 Å². The van der Waals surface area contributed by atoms with E-state index in [2.05, 4.69) is 30.9 Å². The molecule has 1 aromatic carbocycles. The lowest BCUT2D eigenvalue weighted by Crippen LogP contribution is -2.27. The van der Waals surface area contributed by atoms with E-state index in [0.29, 0.717) is 0 Å². The number of aliphatic hydroxyl groups excluding tert-OH is 1. The first-order valence-electron chi connectivity index (χ1n) is 7.09. The fourth-order valence-corrected chi connectivity index (χ4v) is 2.44. The van der Waals surface area contributed by atoms with Gasteiger partial charge in [0, 0.05) is 12.0 Å². The molecule has 1 N–H and O–H groups in total. The number of rotatable bonds is 7. The average molecular weight is 261 g/mol. The molecule has 3 heteroatoms. The van der Waals surface area contributed by atoms with Crippen LogP contribution in [0.5, 0.6) is 0 Å². The molecule has 1 aromatic heterocycles. The fraction of sp³-hybridized carbons (Fsp3) is 0.500. The van der Waals surface area contributed by atoms with Gasteiger partial charge in [-0.15, -0.1) is 0 Å². The van der Waals surface area contributed by atoms with Gasteiger partial charge in [-0.25, -0.2) is 0 Å². The second-order valence-corrected chi connectivity index (χ2v) is 4.92. The molecule has 2 aromatic rings. The Balaban J connectivity index is 2.09. The van der Waals surface area contributed by atoms with Crippen molar-refractivity contribution in [3.63, 3.8) is 0 Å². The van der Waals surface area contributed by atoms with E-state index in [-0.39, 0.29) is 12.6 Å². The van der Waals surface area contributed by atoms with Crippen LogP contribution in [0.15, 0.2) is 34.7 Å². The van der Waals surface area contributed by atoms with Gasteiger partial charge in [0.25, 0.3) is 0 Å². The second-order valence-electron chi connectivity index (χ2n) is 4.92. The molecule has 0 bridgehead atoms. The van der Waals surface area contributed by atoms with E-state index in [1.165, 1.54) is 0 Å². The lowest BCUT2D eigenvalue weighted by atomic mass is 10.1. The Kier molecular flexibility index (Phi) is 5.00. The summed E-state index contributed by atoms with van der Waals surface area (Å²) >= 11 is 0. The van der Waals surface area contributed by atoms with Crippen molar-refractivity contribution in [1.29, 1.82) is 0 Å². The van der Waals surface area contributed by atoms with Crippen molar-refractivity contribution in [1.82, 2.24) is 4.90 Å². The Morgan fingerprint density at radius 1 is 1.26 bits per heavy atom. The summed E-state index contributed by atoms with van der Waals surface area (Å²) in [5, 5.41) is 10.0. The molecule has 0 aliphatic carbocycles. The average Bonchev–Trinajstić information content (AvgIpc) is 2.87. The number of hydrogen-bond donors (Lipinski definition) is 1. The second kappa shape index (κ2) is 6.73. The van der Waals surface area contributed by atoms with Crippen LogP contribution in [-0.2, 0) is 0 Å². The summed E-state index contributed by atoms with van der Waals surface area (Å²) in [6.45, 7) is 6.60. The summed E-state index contributed by atoms with van der Waals surface area (Å²) in [6.07, 6.45) is 1.89.